The number of piperidine rings is 1. The lowest BCUT2D eigenvalue weighted by Gasteiger charge is -2.22. The summed E-state index contributed by atoms with van der Waals surface area (Å²) in [5.41, 5.74) is 2.22. The summed E-state index contributed by atoms with van der Waals surface area (Å²) in [6.07, 6.45) is 5.05. The number of halogens is 1. The maximum Gasteiger partial charge on any atom is 0.220 e. The SMILES string of the molecule is Cc1ccc(CNC(=O)CCC2CCNCC2)c(OCC2CCOC2)c1.Cl. The number of carbonyl (C=O) groups is 1. The van der Waals surface area contributed by atoms with Gasteiger partial charge in [-0.3, -0.25) is 4.79 Å². The topological polar surface area (TPSA) is 59.6 Å². The van der Waals surface area contributed by atoms with Crippen molar-refractivity contribution in [1.82, 2.24) is 10.6 Å². The average Bonchev–Trinajstić information content (AvgIpc) is 3.18. The minimum absolute atomic E-state index is 0. The van der Waals surface area contributed by atoms with Gasteiger partial charge >= 0.3 is 0 Å². The van der Waals surface area contributed by atoms with Gasteiger partial charge < -0.3 is 20.1 Å². The van der Waals surface area contributed by atoms with Crippen LogP contribution in [0.4, 0.5) is 0 Å². The van der Waals surface area contributed by atoms with Crippen molar-refractivity contribution in [2.24, 2.45) is 11.8 Å². The molecule has 0 spiro atoms. The van der Waals surface area contributed by atoms with Gasteiger partial charge in [-0.05, 0) is 63.2 Å². The third-order valence-electron chi connectivity index (χ3n) is 5.44. The lowest BCUT2D eigenvalue weighted by atomic mass is 9.93. The Labute approximate surface area is 169 Å². The van der Waals surface area contributed by atoms with E-state index in [1.165, 1.54) is 18.4 Å². The lowest BCUT2D eigenvalue weighted by Crippen LogP contribution is -2.29. The van der Waals surface area contributed by atoms with Gasteiger partial charge in [0.25, 0.3) is 0 Å². The minimum atomic E-state index is 0. The van der Waals surface area contributed by atoms with E-state index < -0.39 is 0 Å². The van der Waals surface area contributed by atoms with Gasteiger partial charge in [0.05, 0.1) is 13.2 Å². The lowest BCUT2D eigenvalue weighted by molar-refractivity contribution is -0.121. The monoisotopic (exact) mass is 396 g/mol. The maximum absolute atomic E-state index is 12.2. The second-order valence-corrected chi connectivity index (χ2v) is 7.66. The van der Waals surface area contributed by atoms with Crippen molar-refractivity contribution in [2.75, 3.05) is 32.9 Å². The van der Waals surface area contributed by atoms with Crippen LogP contribution in [-0.2, 0) is 16.1 Å². The number of nitrogens with one attached hydrogen (secondary N) is 2. The highest BCUT2D eigenvalue weighted by Crippen LogP contribution is 2.23. The summed E-state index contributed by atoms with van der Waals surface area (Å²) in [5, 5.41) is 6.44. The van der Waals surface area contributed by atoms with E-state index in [1.54, 1.807) is 0 Å². The predicted molar refractivity (Wildman–Crippen MR) is 110 cm³/mol. The van der Waals surface area contributed by atoms with Gasteiger partial charge in [-0.15, -0.1) is 12.4 Å². The average molecular weight is 397 g/mol. The van der Waals surface area contributed by atoms with Crippen LogP contribution in [0.5, 0.6) is 5.75 Å². The Kier molecular flexibility index (Phi) is 9.39. The van der Waals surface area contributed by atoms with Crippen molar-refractivity contribution in [3.63, 3.8) is 0 Å². The molecule has 0 aromatic heterocycles. The first-order valence-corrected chi connectivity index (χ1v) is 9.98. The molecule has 2 saturated heterocycles. The number of ether oxygens (including phenoxy) is 2. The molecule has 1 aromatic carbocycles. The molecule has 0 bridgehead atoms. The summed E-state index contributed by atoms with van der Waals surface area (Å²) in [7, 11) is 0. The molecule has 2 aliphatic heterocycles. The summed E-state index contributed by atoms with van der Waals surface area (Å²) in [5.74, 6) is 2.19. The van der Waals surface area contributed by atoms with Crippen LogP contribution >= 0.6 is 12.4 Å². The molecule has 6 heteroatoms. The molecule has 27 heavy (non-hydrogen) atoms. The van der Waals surface area contributed by atoms with Crippen LogP contribution in [0.3, 0.4) is 0 Å². The highest BCUT2D eigenvalue weighted by molar-refractivity contribution is 5.85. The van der Waals surface area contributed by atoms with Crippen molar-refractivity contribution in [2.45, 2.75) is 45.6 Å². The largest absolute Gasteiger partial charge is 0.493 e. The number of hydrogen-bond donors (Lipinski definition) is 2. The first-order valence-electron chi connectivity index (χ1n) is 9.98. The van der Waals surface area contributed by atoms with Crippen molar-refractivity contribution in [3.8, 4) is 5.75 Å². The maximum atomic E-state index is 12.2. The van der Waals surface area contributed by atoms with Crippen LogP contribution in [0.2, 0.25) is 0 Å². The normalized spacial score (nSPS) is 20.1. The zero-order chi connectivity index (χ0) is 18.2. The zero-order valence-corrected chi connectivity index (χ0v) is 17.1. The number of carbonyl (C=O) groups excluding carboxylic acids is 1. The van der Waals surface area contributed by atoms with Crippen LogP contribution in [0.25, 0.3) is 0 Å². The van der Waals surface area contributed by atoms with Crippen LogP contribution in [0.15, 0.2) is 18.2 Å². The molecular weight excluding hydrogens is 364 g/mol. The van der Waals surface area contributed by atoms with Gasteiger partial charge in [-0.25, -0.2) is 0 Å². The van der Waals surface area contributed by atoms with Crippen LogP contribution in [0, 0.1) is 18.8 Å². The third-order valence-corrected chi connectivity index (χ3v) is 5.44. The standard InChI is InChI=1S/C21H32N2O3.ClH/c1-16-2-4-19(20(12-16)26-15-18-8-11-25-14-18)13-23-21(24)5-3-17-6-9-22-10-7-17;/h2,4,12,17-18,22H,3,5-11,13-15H2,1H3,(H,23,24);1H. The molecule has 1 aromatic rings. The summed E-state index contributed by atoms with van der Waals surface area (Å²) < 4.78 is 11.5. The van der Waals surface area contributed by atoms with Gasteiger partial charge in [-0.2, -0.15) is 0 Å². The number of aryl methyl sites for hydroxylation is 1. The first kappa shape index (κ1) is 22.0. The molecule has 0 saturated carbocycles. The van der Waals surface area contributed by atoms with Crippen LogP contribution in [-0.4, -0.2) is 38.8 Å². The predicted octanol–water partition coefficient (Wildman–Crippen LogP) is 3.23. The number of hydrogen-bond acceptors (Lipinski definition) is 4. The summed E-state index contributed by atoms with van der Waals surface area (Å²) in [4.78, 5) is 12.2. The minimum Gasteiger partial charge on any atom is -0.493 e. The van der Waals surface area contributed by atoms with E-state index in [4.69, 9.17) is 9.47 Å². The van der Waals surface area contributed by atoms with E-state index in [1.807, 2.05) is 0 Å². The van der Waals surface area contributed by atoms with E-state index in [-0.39, 0.29) is 18.3 Å². The Bertz CT molecular complexity index is 585. The second kappa shape index (κ2) is 11.5. The molecule has 1 amide bonds. The van der Waals surface area contributed by atoms with Crippen molar-refractivity contribution in [3.05, 3.63) is 29.3 Å². The molecule has 2 N–H and O–H groups in total. The van der Waals surface area contributed by atoms with Crippen molar-refractivity contribution >= 4 is 18.3 Å². The number of amides is 1. The molecule has 0 radical (unpaired) electrons. The quantitative estimate of drug-likeness (QED) is 0.708. The van der Waals surface area contributed by atoms with E-state index in [2.05, 4.69) is 35.8 Å². The fourth-order valence-electron chi connectivity index (χ4n) is 3.65. The molecule has 2 heterocycles. The second-order valence-electron chi connectivity index (χ2n) is 7.66. The molecular formula is C21H33ClN2O3. The highest BCUT2D eigenvalue weighted by atomic mass is 35.5. The fourth-order valence-corrected chi connectivity index (χ4v) is 3.65. The van der Waals surface area contributed by atoms with Gasteiger partial charge in [0.15, 0.2) is 0 Å². The third kappa shape index (κ3) is 7.32. The van der Waals surface area contributed by atoms with Gasteiger partial charge in [0.1, 0.15) is 5.75 Å². The van der Waals surface area contributed by atoms with Gasteiger partial charge in [-0.1, -0.05) is 12.1 Å². The Morgan fingerprint density at radius 1 is 1.26 bits per heavy atom. The Hall–Kier alpha value is -1.30. The molecule has 1 unspecified atom stereocenters. The smallest absolute Gasteiger partial charge is 0.220 e. The molecule has 3 rings (SSSR count). The van der Waals surface area contributed by atoms with Crippen molar-refractivity contribution < 1.29 is 14.3 Å². The summed E-state index contributed by atoms with van der Waals surface area (Å²) in [6.45, 7) is 7.07. The Morgan fingerprint density at radius 2 is 2.07 bits per heavy atom. The number of rotatable bonds is 8. The molecule has 1 atom stereocenters. The van der Waals surface area contributed by atoms with E-state index >= 15 is 0 Å². The first-order chi connectivity index (χ1) is 12.7. The van der Waals surface area contributed by atoms with E-state index in [0.717, 1.165) is 50.5 Å². The zero-order valence-electron chi connectivity index (χ0n) is 16.3. The molecule has 152 valence electrons. The van der Waals surface area contributed by atoms with E-state index in [0.29, 0.717) is 31.4 Å². The Balaban J connectivity index is 0.00000261. The van der Waals surface area contributed by atoms with E-state index in [9.17, 15) is 4.79 Å². The highest BCUT2D eigenvalue weighted by Gasteiger charge is 2.18. The number of benzene rings is 1. The summed E-state index contributed by atoms with van der Waals surface area (Å²) in [6, 6.07) is 6.19. The van der Waals surface area contributed by atoms with Crippen LogP contribution in [0.1, 0.15) is 43.2 Å². The van der Waals surface area contributed by atoms with Gasteiger partial charge in [0, 0.05) is 31.1 Å². The molecule has 5 nitrogen and oxygen atoms in total. The Morgan fingerprint density at radius 3 is 2.81 bits per heavy atom. The fraction of sp³-hybridized carbons (Fsp3) is 0.667. The van der Waals surface area contributed by atoms with Crippen LogP contribution < -0.4 is 15.4 Å². The molecule has 0 aliphatic carbocycles. The molecule has 2 aliphatic rings. The van der Waals surface area contributed by atoms with Crippen molar-refractivity contribution in [1.29, 1.82) is 0 Å². The molecule has 2 fully saturated rings. The summed E-state index contributed by atoms with van der Waals surface area (Å²) >= 11 is 0. The van der Waals surface area contributed by atoms with Gasteiger partial charge in [0.2, 0.25) is 5.91 Å².